The highest BCUT2D eigenvalue weighted by atomic mass is 32.2. The van der Waals surface area contributed by atoms with Gasteiger partial charge in [0.1, 0.15) is 0 Å². The molecular weight excluding hydrogens is 302 g/mol. The summed E-state index contributed by atoms with van der Waals surface area (Å²) in [6.45, 7) is 2.36. The number of amides is 1. The maximum atomic E-state index is 12.0. The van der Waals surface area contributed by atoms with Gasteiger partial charge in [-0.3, -0.25) is 4.79 Å². The third kappa shape index (κ3) is 4.88. The SMILES string of the molecule is CCSCc1ccc(C(=O)NCC(O)c2ccsc2)cc1. The number of thiophene rings is 1. The summed E-state index contributed by atoms with van der Waals surface area (Å²) in [6.07, 6.45) is -0.652. The molecule has 1 aromatic carbocycles. The summed E-state index contributed by atoms with van der Waals surface area (Å²) in [7, 11) is 0. The molecule has 21 heavy (non-hydrogen) atoms. The maximum absolute atomic E-state index is 12.0. The smallest absolute Gasteiger partial charge is 0.251 e. The Morgan fingerprint density at radius 3 is 2.71 bits per heavy atom. The van der Waals surface area contributed by atoms with Crippen LogP contribution < -0.4 is 5.32 Å². The van der Waals surface area contributed by atoms with Crippen molar-refractivity contribution in [3.05, 3.63) is 57.8 Å². The van der Waals surface area contributed by atoms with Crippen LogP contribution >= 0.6 is 23.1 Å². The van der Waals surface area contributed by atoms with Crippen molar-refractivity contribution in [1.29, 1.82) is 0 Å². The van der Waals surface area contributed by atoms with Gasteiger partial charge in [-0.15, -0.1) is 0 Å². The highest BCUT2D eigenvalue weighted by Crippen LogP contribution is 2.16. The van der Waals surface area contributed by atoms with Gasteiger partial charge in [-0.2, -0.15) is 23.1 Å². The third-order valence-corrected chi connectivity index (χ3v) is 4.72. The maximum Gasteiger partial charge on any atom is 0.251 e. The Morgan fingerprint density at radius 1 is 1.33 bits per heavy atom. The van der Waals surface area contributed by atoms with Crippen molar-refractivity contribution in [3.63, 3.8) is 0 Å². The molecule has 2 N–H and O–H groups in total. The molecule has 0 saturated heterocycles. The van der Waals surface area contributed by atoms with Crippen LogP contribution in [0.4, 0.5) is 0 Å². The van der Waals surface area contributed by atoms with Gasteiger partial charge in [0.05, 0.1) is 6.10 Å². The zero-order chi connectivity index (χ0) is 15.1. The molecule has 1 heterocycles. The predicted octanol–water partition coefficient (Wildman–Crippen LogP) is 3.46. The van der Waals surface area contributed by atoms with Gasteiger partial charge in [0.25, 0.3) is 5.91 Å². The summed E-state index contributed by atoms with van der Waals surface area (Å²) in [5.74, 6) is 1.90. The van der Waals surface area contributed by atoms with Crippen molar-refractivity contribution >= 4 is 29.0 Å². The topological polar surface area (TPSA) is 49.3 Å². The van der Waals surface area contributed by atoms with Crippen LogP contribution in [0.1, 0.15) is 34.5 Å². The summed E-state index contributed by atoms with van der Waals surface area (Å²) in [5.41, 5.74) is 2.68. The molecule has 3 nitrogen and oxygen atoms in total. The first kappa shape index (κ1) is 16.1. The van der Waals surface area contributed by atoms with Crippen LogP contribution in [0.25, 0.3) is 0 Å². The number of carbonyl (C=O) groups excluding carboxylic acids is 1. The van der Waals surface area contributed by atoms with Crippen molar-refractivity contribution in [2.75, 3.05) is 12.3 Å². The molecular formula is C16H19NO2S2. The van der Waals surface area contributed by atoms with E-state index in [2.05, 4.69) is 12.2 Å². The molecule has 0 spiro atoms. The van der Waals surface area contributed by atoms with Crippen LogP contribution in [0.2, 0.25) is 0 Å². The number of hydrogen-bond donors (Lipinski definition) is 2. The van der Waals surface area contributed by atoms with Gasteiger partial charge in [0.2, 0.25) is 0 Å². The first-order valence-corrected chi connectivity index (χ1v) is 8.95. The molecule has 5 heteroatoms. The highest BCUT2D eigenvalue weighted by Gasteiger charge is 2.11. The molecule has 112 valence electrons. The van der Waals surface area contributed by atoms with E-state index in [1.54, 1.807) is 0 Å². The van der Waals surface area contributed by atoms with Crippen LogP contribution in [0.5, 0.6) is 0 Å². The number of rotatable bonds is 7. The summed E-state index contributed by atoms with van der Waals surface area (Å²) in [5, 5.41) is 16.5. The first-order chi connectivity index (χ1) is 10.2. The van der Waals surface area contributed by atoms with E-state index in [9.17, 15) is 9.90 Å². The van der Waals surface area contributed by atoms with Gasteiger partial charge in [-0.05, 0) is 45.8 Å². The Balaban J connectivity index is 1.85. The Hall–Kier alpha value is -1.30. The van der Waals surface area contributed by atoms with Crippen molar-refractivity contribution in [1.82, 2.24) is 5.32 Å². The minimum atomic E-state index is -0.652. The van der Waals surface area contributed by atoms with E-state index < -0.39 is 6.10 Å². The summed E-state index contributed by atoms with van der Waals surface area (Å²) in [6, 6.07) is 9.48. The quantitative estimate of drug-likeness (QED) is 0.821. The van der Waals surface area contributed by atoms with Crippen LogP contribution in [-0.4, -0.2) is 23.3 Å². The lowest BCUT2D eigenvalue weighted by atomic mass is 10.1. The Morgan fingerprint density at radius 2 is 2.10 bits per heavy atom. The lowest BCUT2D eigenvalue weighted by molar-refractivity contribution is 0.0916. The van der Waals surface area contributed by atoms with Gasteiger partial charge in [-0.1, -0.05) is 19.1 Å². The lowest BCUT2D eigenvalue weighted by Gasteiger charge is -2.11. The van der Waals surface area contributed by atoms with E-state index in [0.29, 0.717) is 5.56 Å². The zero-order valence-electron chi connectivity index (χ0n) is 11.9. The van der Waals surface area contributed by atoms with Crippen LogP contribution in [0.3, 0.4) is 0 Å². The third-order valence-electron chi connectivity index (χ3n) is 3.07. The minimum absolute atomic E-state index is 0.154. The first-order valence-electron chi connectivity index (χ1n) is 6.85. The second kappa shape index (κ2) is 8.22. The largest absolute Gasteiger partial charge is 0.387 e. The zero-order valence-corrected chi connectivity index (χ0v) is 13.5. The minimum Gasteiger partial charge on any atom is -0.387 e. The monoisotopic (exact) mass is 321 g/mol. The molecule has 0 aliphatic carbocycles. The number of carbonyl (C=O) groups is 1. The van der Waals surface area contributed by atoms with Crippen LogP contribution in [0.15, 0.2) is 41.1 Å². The van der Waals surface area contributed by atoms with Crippen LogP contribution in [-0.2, 0) is 5.75 Å². The van der Waals surface area contributed by atoms with E-state index in [-0.39, 0.29) is 12.5 Å². The van der Waals surface area contributed by atoms with Gasteiger partial charge in [0, 0.05) is 17.9 Å². The summed E-state index contributed by atoms with van der Waals surface area (Å²) < 4.78 is 0. The van der Waals surface area contributed by atoms with E-state index in [1.165, 1.54) is 16.9 Å². The molecule has 1 aromatic heterocycles. The summed E-state index contributed by atoms with van der Waals surface area (Å²) in [4.78, 5) is 12.0. The normalized spacial score (nSPS) is 12.1. The second-order valence-corrected chi connectivity index (χ2v) is 6.67. The van der Waals surface area contributed by atoms with Crippen molar-refractivity contribution in [2.45, 2.75) is 18.8 Å². The standard InChI is InChI=1S/C16H19NO2S2/c1-2-20-10-12-3-5-13(6-4-12)16(19)17-9-15(18)14-7-8-21-11-14/h3-8,11,15,18H,2,9-10H2,1H3,(H,17,19). The number of aliphatic hydroxyl groups excluding tert-OH is 1. The molecule has 0 bridgehead atoms. The molecule has 0 radical (unpaired) electrons. The van der Waals surface area contributed by atoms with Gasteiger partial charge < -0.3 is 10.4 Å². The van der Waals surface area contributed by atoms with Gasteiger partial charge in [0.15, 0.2) is 0 Å². The lowest BCUT2D eigenvalue weighted by Crippen LogP contribution is -2.28. The van der Waals surface area contributed by atoms with Crippen molar-refractivity contribution < 1.29 is 9.90 Å². The Labute approximate surface area is 133 Å². The van der Waals surface area contributed by atoms with Crippen molar-refractivity contribution in [2.24, 2.45) is 0 Å². The number of aliphatic hydroxyl groups is 1. The molecule has 0 aliphatic heterocycles. The van der Waals surface area contributed by atoms with Crippen molar-refractivity contribution in [3.8, 4) is 0 Å². The van der Waals surface area contributed by atoms with E-state index in [1.807, 2.05) is 52.9 Å². The molecule has 1 unspecified atom stereocenters. The Kier molecular flexibility index (Phi) is 6.29. The fourth-order valence-corrected chi connectivity index (χ4v) is 3.19. The highest BCUT2D eigenvalue weighted by molar-refractivity contribution is 7.98. The fourth-order valence-electron chi connectivity index (χ4n) is 1.85. The number of hydrogen-bond acceptors (Lipinski definition) is 4. The molecule has 1 atom stereocenters. The van der Waals surface area contributed by atoms with E-state index >= 15 is 0 Å². The van der Waals surface area contributed by atoms with E-state index in [0.717, 1.165) is 17.1 Å². The van der Waals surface area contributed by atoms with Gasteiger partial charge in [-0.25, -0.2) is 0 Å². The average molecular weight is 321 g/mol. The fraction of sp³-hybridized carbons (Fsp3) is 0.312. The molecule has 2 aromatic rings. The number of thioether (sulfide) groups is 1. The molecule has 2 rings (SSSR count). The average Bonchev–Trinajstić information content (AvgIpc) is 3.05. The number of benzene rings is 1. The number of nitrogens with one attached hydrogen (secondary N) is 1. The molecule has 0 saturated carbocycles. The second-order valence-electron chi connectivity index (χ2n) is 4.62. The molecule has 1 amide bonds. The Bertz CT molecular complexity index is 552. The summed E-state index contributed by atoms with van der Waals surface area (Å²) >= 11 is 3.39. The van der Waals surface area contributed by atoms with Crippen LogP contribution in [0, 0.1) is 0 Å². The van der Waals surface area contributed by atoms with E-state index in [4.69, 9.17) is 0 Å². The predicted molar refractivity (Wildman–Crippen MR) is 89.9 cm³/mol. The molecule has 0 fully saturated rings. The van der Waals surface area contributed by atoms with Gasteiger partial charge >= 0.3 is 0 Å². The molecule has 0 aliphatic rings.